The van der Waals surface area contributed by atoms with E-state index in [9.17, 15) is 10.1 Å². The van der Waals surface area contributed by atoms with E-state index < -0.39 is 5.79 Å². The molecule has 252 valence electrons. The third kappa shape index (κ3) is 6.65. The van der Waals surface area contributed by atoms with Gasteiger partial charge in [0, 0.05) is 37.4 Å². The van der Waals surface area contributed by atoms with Crippen LogP contribution in [0.25, 0.3) is 5.69 Å². The van der Waals surface area contributed by atoms with Crippen LogP contribution in [0.4, 0.5) is 11.4 Å². The van der Waals surface area contributed by atoms with Crippen LogP contribution in [0.5, 0.6) is 5.75 Å². The highest BCUT2D eigenvalue weighted by Gasteiger charge is 2.44. The van der Waals surface area contributed by atoms with Gasteiger partial charge >= 0.3 is 5.69 Å². The molecule has 0 spiro atoms. The van der Waals surface area contributed by atoms with Crippen molar-refractivity contribution in [1.29, 1.82) is 5.26 Å². The van der Waals surface area contributed by atoms with Crippen LogP contribution in [-0.4, -0.2) is 74.8 Å². The van der Waals surface area contributed by atoms with Crippen molar-refractivity contribution in [2.75, 3.05) is 49.2 Å². The first-order valence-corrected chi connectivity index (χ1v) is 16.6. The maximum Gasteiger partial charge on any atom is 0.350 e. The summed E-state index contributed by atoms with van der Waals surface area (Å²) in [6.45, 7) is 8.16. The molecule has 0 amide bonds. The van der Waals surface area contributed by atoms with E-state index >= 15 is 0 Å². The summed E-state index contributed by atoms with van der Waals surface area (Å²) in [6.07, 6.45) is 5.34. The monoisotopic (exact) mass is 661 g/mol. The molecule has 5 aromatic rings. The highest BCUT2D eigenvalue weighted by Crippen LogP contribution is 2.36. The first-order chi connectivity index (χ1) is 24.0. The number of aromatic nitrogens is 6. The van der Waals surface area contributed by atoms with Gasteiger partial charge in [-0.05, 0) is 55.8 Å². The number of benzene rings is 3. The van der Waals surface area contributed by atoms with Crippen LogP contribution in [0.2, 0.25) is 0 Å². The number of nitrogens with zero attached hydrogens (tertiary/aromatic N) is 9. The molecule has 13 heteroatoms. The molecule has 2 saturated heterocycles. The Morgan fingerprint density at radius 1 is 0.959 bits per heavy atom. The first kappa shape index (κ1) is 32.1. The van der Waals surface area contributed by atoms with Gasteiger partial charge in [0.05, 0.1) is 42.0 Å². The largest absolute Gasteiger partial charge is 0.491 e. The second-order valence-corrected chi connectivity index (χ2v) is 12.3. The van der Waals surface area contributed by atoms with Gasteiger partial charge in [0.15, 0.2) is 0 Å². The lowest BCUT2D eigenvalue weighted by atomic mass is 10.1. The Labute approximate surface area is 284 Å². The van der Waals surface area contributed by atoms with E-state index in [0.717, 1.165) is 55.3 Å². The summed E-state index contributed by atoms with van der Waals surface area (Å²) < 4.78 is 21.8. The summed E-state index contributed by atoms with van der Waals surface area (Å²) in [5.41, 5.74) is 3.84. The summed E-state index contributed by atoms with van der Waals surface area (Å²) in [6, 6.07) is 25.9. The van der Waals surface area contributed by atoms with Gasteiger partial charge in [0.25, 0.3) is 0 Å². The third-order valence-corrected chi connectivity index (χ3v) is 9.23. The van der Waals surface area contributed by atoms with E-state index in [1.807, 2.05) is 68.4 Å². The molecule has 3 aromatic carbocycles. The molecular weight excluding hydrogens is 622 g/mol. The van der Waals surface area contributed by atoms with Crippen molar-refractivity contribution < 1.29 is 14.2 Å². The Morgan fingerprint density at radius 3 is 2.39 bits per heavy atom. The van der Waals surface area contributed by atoms with Crippen molar-refractivity contribution in [3.05, 3.63) is 113 Å². The highest BCUT2D eigenvalue weighted by molar-refractivity contribution is 5.64. The molecule has 7 rings (SSSR count). The predicted octanol–water partition coefficient (Wildman–Crippen LogP) is 4.14. The number of nitriles is 1. The van der Waals surface area contributed by atoms with E-state index in [-0.39, 0.29) is 17.8 Å². The first-order valence-electron chi connectivity index (χ1n) is 16.6. The fourth-order valence-electron chi connectivity index (χ4n) is 6.33. The van der Waals surface area contributed by atoms with Crippen molar-refractivity contribution in [2.45, 2.75) is 44.7 Å². The number of ether oxygens (including phenoxy) is 3. The lowest BCUT2D eigenvalue weighted by Crippen LogP contribution is -2.46. The summed E-state index contributed by atoms with van der Waals surface area (Å²) in [4.78, 5) is 19.0. The molecule has 0 N–H and O–H groups in total. The van der Waals surface area contributed by atoms with Gasteiger partial charge in [-0.25, -0.2) is 14.0 Å². The molecule has 13 nitrogen and oxygen atoms in total. The Hall–Kier alpha value is -5.45. The topological polar surface area (TPSA) is 128 Å². The predicted molar refractivity (Wildman–Crippen MR) is 183 cm³/mol. The second kappa shape index (κ2) is 14.0. The van der Waals surface area contributed by atoms with Crippen molar-refractivity contribution in [2.24, 2.45) is 0 Å². The van der Waals surface area contributed by atoms with Crippen molar-refractivity contribution in [3.8, 4) is 17.5 Å². The van der Waals surface area contributed by atoms with Crippen LogP contribution >= 0.6 is 0 Å². The summed E-state index contributed by atoms with van der Waals surface area (Å²) >= 11 is 0. The molecule has 0 radical (unpaired) electrons. The maximum atomic E-state index is 12.9. The lowest BCUT2D eigenvalue weighted by Gasteiger charge is -2.37. The minimum Gasteiger partial charge on any atom is -0.491 e. The van der Waals surface area contributed by atoms with E-state index in [1.54, 1.807) is 23.3 Å². The SMILES string of the molecule is CCC(C)n1ncn(-c2ccc(N3CCN(c4ccc(OC[C@@H]5CO[C@@](Cn6nccn6)(c6ccccc6)O5)cc4)CC3)c(C#N)c2)c1=O. The fourth-order valence-corrected chi connectivity index (χ4v) is 6.33. The number of piperazine rings is 1. The Bertz CT molecular complexity index is 1940. The molecule has 4 heterocycles. The number of rotatable bonds is 11. The number of anilines is 2. The molecule has 0 bridgehead atoms. The number of hydrogen-bond donors (Lipinski definition) is 0. The van der Waals surface area contributed by atoms with Gasteiger partial charge in [0.1, 0.15) is 37.4 Å². The standard InChI is InChI=1S/C36H39N9O4/c1-3-27(2)45-35(46)43(26-40-45)31-11-14-34(28(21-31)22-37)42-19-17-41(18-20-42)30-9-12-32(13-10-30)47-23-33-24-48-36(49-33,25-44-38-15-16-39-44)29-7-5-4-6-8-29/h4-16,21,26-27,33H,3,17-20,23-25H2,1-2H3/t27?,33-,36-/m1/s1. The third-order valence-electron chi connectivity index (χ3n) is 9.23. The smallest absolute Gasteiger partial charge is 0.350 e. The Balaban J connectivity index is 0.942. The molecule has 0 aliphatic carbocycles. The van der Waals surface area contributed by atoms with E-state index in [2.05, 4.69) is 43.3 Å². The summed E-state index contributed by atoms with van der Waals surface area (Å²) in [7, 11) is 0. The zero-order valence-corrected chi connectivity index (χ0v) is 27.6. The second-order valence-electron chi connectivity index (χ2n) is 12.3. The molecule has 3 atom stereocenters. The van der Waals surface area contributed by atoms with E-state index in [0.29, 0.717) is 31.0 Å². The fraction of sp³-hybridized carbons (Fsp3) is 0.361. The molecule has 2 fully saturated rings. The average molecular weight is 662 g/mol. The Morgan fingerprint density at radius 2 is 1.67 bits per heavy atom. The molecule has 0 saturated carbocycles. The van der Waals surface area contributed by atoms with Gasteiger partial charge < -0.3 is 24.0 Å². The average Bonchev–Trinajstić information content (AvgIpc) is 3.92. The molecule has 1 unspecified atom stereocenters. The minimum absolute atomic E-state index is 0.00307. The molecule has 2 aliphatic heterocycles. The zero-order chi connectivity index (χ0) is 33.8. The van der Waals surface area contributed by atoms with Crippen molar-refractivity contribution >= 4 is 11.4 Å². The summed E-state index contributed by atoms with van der Waals surface area (Å²) in [5.74, 6) is -0.239. The van der Waals surface area contributed by atoms with Gasteiger partial charge in [0.2, 0.25) is 5.79 Å². The van der Waals surface area contributed by atoms with Crippen LogP contribution in [0.1, 0.15) is 37.4 Å². The maximum absolute atomic E-state index is 12.9. The summed E-state index contributed by atoms with van der Waals surface area (Å²) in [5, 5.41) is 22.8. The van der Waals surface area contributed by atoms with Crippen LogP contribution in [0, 0.1) is 11.3 Å². The zero-order valence-electron chi connectivity index (χ0n) is 27.6. The number of hydrogen-bond acceptors (Lipinski definition) is 10. The highest BCUT2D eigenvalue weighted by atomic mass is 16.8. The molecule has 49 heavy (non-hydrogen) atoms. The van der Waals surface area contributed by atoms with Crippen LogP contribution in [0.3, 0.4) is 0 Å². The van der Waals surface area contributed by atoms with E-state index in [4.69, 9.17) is 14.2 Å². The van der Waals surface area contributed by atoms with Crippen LogP contribution in [0.15, 0.2) is 96.3 Å². The van der Waals surface area contributed by atoms with E-state index in [1.165, 1.54) is 15.6 Å². The van der Waals surface area contributed by atoms with Crippen molar-refractivity contribution in [1.82, 2.24) is 29.3 Å². The van der Waals surface area contributed by atoms with Gasteiger partial charge in [-0.15, -0.1) is 0 Å². The Kier molecular flexibility index (Phi) is 9.15. The molecule has 2 aromatic heterocycles. The van der Waals surface area contributed by atoms with Crippen LogP contribution < -0.4 is 20.2 Å². The van der Waals surface area contributed by atoms with Crippen LogP contribution in [-0.2, 0) is 21.8 Å². The van der Waals surface area contributed by atoms with Gasteiger partial charge in [-0.2, -0.15) is 25.4 Å². The molecule has 2 aliphatic rings. The lowest BCUT2D eigenvalue weighted by molar-refractivity contribution is -0.192. The van der Waals surface area contributed by atoms with Crippen molar-refractivity contribution in [3.63, 3.8) is 0 Å². The molecular formula is C36H39N9O4. The van der Waals surface area contributed by atoms with Gasteiger partial charge in [-0.3, -0.25) is 0 Å². The minimum atomic E-state index is -0.993. The normalized spacial score (nSPS) is 19.9. The quantitative estimate of drug-likeness (QED) is 0.204. The van der Waals surface area contributed by atoms with Gasteiger partial charge in [-0.1, -0.05) is 37.3 Å².